The van der Waals surface area contributed by atoms with Gasteiger partial charge in [0.05, 0.1) is 22.3 Å². The molecule has 0 unspecified atom stereocenters. The minimum absolute atomic E-state index is 0.0385. The van der Waals surface area contributed by atoms with E-state index in [1.54, 1.807) is 0 Å². The number of amides is 1. The van der Waals surface area contributed by atoms with Crippen molar-refractivity contribution < 1.29 is 18.0 Å². The normalized spacial score (nSPS) is 11.9. The zero-order valence-electron chi connectivity index (χ0n) is 15.1. The lowest BCUT2D eigenvalue weighted by Crippen LogP contribution is -2.15. The Bertz CT molecular complexity index is 1220. The van der Waals surface area contributed by atoms with Gasteiger partial charge in [0.25, 0.3) is 0 Å². The summed E-state index contributed by atoms with van der Waals surface area (Å²) in [5.41, 5.74) is 1.37. The number of hydrogen-bond donors (Lipinski definition) is 1. The van der Waals surface area contributed by atoms with Crippen molar-refractivity contribution in [3.63, 3.8) is 0 Å². The first kappa shape index (κ1) is 19.2. The first-order valence-corrected chi connectivity index (χ1v) is 9.52. The lowest BCUT2D eigenvalue weighted by atomic mass is 10.2. The van der Waals surface area contributed by atoms with Crippen LogP contribution in [0.15, 0.2) is 53.6 Å². The van der Waals surface area contributed by atoms with E-state index in [0.717, 1.165) is 34.9 Å². The predicted molar refractivity (Wildman–Crippen MR) is 104 cm³/mol. The Morgan fingerprint density at radius 3 is 2.72 bits per heavy atom. The molecule has 0 spiro atoms. The Hall–Kier alpha value is -3.14. The van der Waals surface area contributed by atoms with Gasteiger partial charge in [0.1, 0.15) is 10.9 Å². The molecule has 0 radical (unpaired) electrons. The van der Waals surface area contributed by atoms with E-state index in [4.69, 9.17) is 0 Å². The number of para-hydroxylation sites is 2. The number of aromatic nitrogens is 4. The van der Waals surface area contributed by atoms with E-state index in [0.29, 0.717) is 16.5 Å². The van der Waals surface area contributed by atoms with E-state index in [-0.39, 0.29) is 11.4 Å². The Morgan fingerprint density at radius 2 is 1.93 bits per heavy atom. The molecule has 148 valence electrons. The van der Waals surface area contributed by atoms with Crippen LogP contribution >= 0.6 is 11.8 Å². The molecule has 29 heavy (non-hydrogen) atoms. The molecular weight excluding hydrogens is 403 g/mol. The van der Waals surface area contributed by atoms with Crippen molar-refractivity contribution in [2.75, 3.05) is 11.1 Å². The van der Waals surface area contributed by atoms with Crippen LogP contribution in [0.25, 0.3) is 16.7 Å². The minimum Gasteiger partial charge on any atom is -0.325 e. The average Bonchev–Trinajstić information content (AvgIpc) is 3.08. The van der Waals surface area contributed by atoms with Gasteiger partial charge in [-0.2, -0.15) is 13.2 Å². The molecule has 2 heterocycles. The smallest absolute Gasteiger partial charge is 0.325 e. The number of hydrogen-bond acceptors (Lipinski definition) is 5. The number of carbonyl (C=O) groups is 1. The summed E-state index contributed by atoms with van der Waals surface area (Å²) >= 11 is 1.15. The van der Waals surface area contributed by atoms with E-state index in [1.165, 1.54) is 12.1 Å². The van der Waals surface area contributed by atoms with Crippen molar-refractivity contribution in [2.45, 2.75) is 18.1 Å². The van der Waals surface area contributed by atoms with Gasteiger partial charge in [0.2, 0.25) is 5.91 Å². The van der Waals surface area contributed by atoms with Crippen molar-refractivity contribution in [3.8, 4) is 0 Å². The fraction of sp³-hybridized carbons (Fsp3) is 0.158. The molecule has 0 atom stereocenters. The van der Waals surface area contributed by atoms with Crippen LogP contribution in [-0.4, -0.2) is 31.2 Å². The van der Waals surface area contributed by atoms with E-state index in [2.05, 4.69) is 20.5 Å². The zero-order chi connectivity index (χ0) is 20.6. The maximum absolute atomic E-state index is 12.8. The summed E-state index contributed by atoms with van der Waals surface area (Å²) in [6.07, 6.45) is -4.47. The molecule has 0 fully saturated rings. The van der Waals surface area contributed by atoms with Crippen molar-refractivity contribution in [3.05, 3.63) is 59.9 Å². The van der Waals surface area contributed by atoms with Crippen molar-refractivity contribution in [2.24, 2.45) is 0 Å². The van der Waals surface area contributed by atoms with Gasteiger partial charge in [-0.3, -0.25) is 9.20 Å². The number of fused-ring (bicyclic) bond motifs is 3. The number of alkyl halides is 3. The highest BCUT2D eigenvalue weighted by Crippen LogP contribution is 2.31. The fourth-order valence-electron chi connectivity index (χ4n) is 2.90. The summed E-state index contributed by atoms with van der Waals surface area (Å²) in [5.74, 6) is 0.205. The third kappa shape index (κ3) is 3.88. The number of benzene rings is 2. The maximum Gasteiger partial charge on any atom is 0.416 e. The number of nitrogens with zero attached hydrogens (tertiary/aromatic N) is 4. The molecule has 0 saturated heterocycles. The molecule has 2 aromatic carbocycles. The minimum atomic E-state index is -4.47. The van der Waals surface area contributed by atoms with Gasteiger partial charge in [-0.15, -0.1) is 10.2 Å². The average molecular weight is 417 g/mol. The number of aryl methyl sites for hydroxylation is 1. The van der Waals surface area contributed by atoms with E-state index < -0.39 is 17.6 Å². The number of rotatable bonds is 4. The van der Waals surface area contributed by atoms with E-state index >= 15 is 0 Å². The fourth-order valence-corrected chi connectivity index (χ4v) is 3.66. The van der Waals surface area contributed by atoms with Crippen LogP contribution in [0.5, 0.6) is 0 Å². The molecule has 0 saturated carbocycles. The number of anilines is 1. The van der Waals surface area contributed by atoms with E-state index in [1.807, 2.05) is 35.6 Å². The first-order valence-electron chi connectivity index (χ1n) is 8.53. The molecule has 10 heteroatoms. The van der Waals surface area contributed by atoms with Gasteiger partial charge in [0, 0.05) is 5.69 Å². The number of halogens is 3. The molecule has 0 bridgehead atoms. The van der Waals surface area contributed by atoms with Crippen LogP contribution in [0.2, 0.25) is 0 Å². The standard InChI is InChI=1S/C19H14F3N5OS/c1-11-25-26-17-18(24-14-7-2-3-8-15(14)27(11)17)29-10-16(28)23-13-6-4-5-12(9-13)19(20,21)22/h2-9H,10H2,1H3,(H,23,28). The third-order valence-corrected chi connectivity index (χ3v) is 5.13. The van der Waals surface area contributed by atoms with Gasteiger partial charge >= 0.3 is 6.18 Å². The van der Waals surface area contributed by atoms with Gasteiger partial charge in [-0.05, 0) is 37.3 Å². The third-order valence-electron chi connectivity index (χ3n) is 4.17. The summed E-state index contributed by atoms with van der Waals surface area (Å²) in [4.78, 5) is 16.8. The van der Waals surface area contributed by atoms with Gasteiger partial charge < -0.3 is 5.32 Å². The summed E-state index contributed by atoms with van der Waals surface area (Å²) in [6.45, 7) is 1.82. The summed E-state index contributed by atoms with van der Waals surface area (Å²) in [7, 11) is 0. The second-order valence-corrected chi connectivity index (χ2v) is 7.19. The summed E-state index contributed by atoms with van der Waals surface area (Å²) < 4.78 is 40.3. The number of nitrogens with one attached hydrogen (secondary N) is 1. The van der Waals surface area contributed by atoms with Crippen molar-refractivity contribution in [1.82, 2.24) is 19.6 Å². The molecular formula is C19H14F3N5OS. The lowest BCUT2D eigenvalue weighted by Gasteiger charge is -2.10. The second-order valence-electron chi connectivity index (χ2n) is 6.23. The van der Waals surface area contributed by atoms with Crippen molar-refractivity contribution in [1.29, 1.82) is 0 Å². The van der Waals surface area contributed by atoms with Gasteiger partial charge in [-0.25, -0.2) is 4.98 Å². The highest BCUT2D eigenvalue weighted by atomic mass is 32.2. The Balaban J connectivity index is 1.55. The molecule has 1 N–H and O–H groups in total. The molecule has 2 aromatic heterocycles. The quantitative estimate of drug-likeness (QED) is 0.500. The molecule has 6 nitrogen and oxygen atoms in total. The predicted octanol–water partition coefficient (Wildman–Crippen LogP) is 4.34. The van der Waals surface area contributed by atoms with Crippen molar-refractivity contribution >= 4 is 40.0 Å². The monoisotopic (exact) mass is 417 g/mol. The zero-order valence-corrected chi connectivity index (χ0v) is 15.9. The van der Waals surface area contributed by atoms with Crippen LogP contribution < -0.4 is 5.32 Å². The van der Waals surface area contributed by atoms with Gasteiger partial charge in [-0.1, -0.05) is 30.0 Å². The Labute approximate surface area is 167 Å². The molecule has 1 amide bonds. The molecule has 0 aliphatic rings. The Kier molecular flexibility index (Phi) is 4.87. The summed E-state index contributed by atoms with van der Waals surface area (Å²) in [6, 6.07) is 12.0. The lowest BCUT2D eigenvalue weighted by molar-refractivity contribution is -0.137. The maximum atomic E-state index is 12.8. The van der Waals surface area contributed by atoms with Crippen LogP contribution in [0.3, 0.4) is 0 Å². The molecule has 0 aliphatic heterocycles. The summed E-state index contributed by atoms with van der Waals surface area (Å²) in [5, 5.41) is 11.2. The molecule has 0 aliphatic carbocycles. The number of carbonyl (C=O) groups excluding carboxylic acids is 1. The van der Waals surface area contributed by atoms with Gasteiger partial charge in [0.15, 0.2) is 5.65 Å². The highest BCUT2D eigenvalue weighted by Gasteiger charge is 2.30. The molecule has 4 rings (SSSR count). The Morgan fingerprint density at radius 1 is 1.14 bits per heavy atom. The highest BCUT2D eigenvalue weighted by molar-refractivity contribution is 8.00. The SMILES string of the molecule is Cc1nnc2c(SCC(=O)Nc3cccc(C(F)(F)F)c3)nc3ccccc3n12. The van der Waals surface area contributed by atoms with Crippen LogP contribution in [-0.2, 0) is 11.0 Å². The molecule has 4 aromatic rings. The topological polar surface area (TPSA) is 72.2 Å². The van der Waals surface area contributed by atoms with E-state index in [9.17, 15) is 18.0 Å². The van der Waals surface area contributed by atoms with Crippen LogP contribution in [0.1, 0.15) is 11.4 Å². The van der Waals surface area contributed by atoms with Crippen LogP contribution in [0, 0.1) is 6.92 Å². The largest absolute Gasteiger partial charge is 0.416 e. The first-order chi connectivity index (χ1) is 13.8. The number of thioether (sulfide) groups is 1. The second kappa shape index (κ2) is 7.36. The van der Waals surface area contributed by atoms with Crippen LogP contribution in [0.4, 0.5) is 18.9 Å².